The van der Waals surface area contributed by atoms with E-state index in [1.165, 1.54) is 18.2 Å². The van der Waals surface area contributed by atoms with Crippen molar-refractivity contribution in [1.29, 1.82) is 0 Å². The summed E-state index contributed by atoms with van der Waals surface area (Å²) in [6.45, 7) is 0.672. The number of ether oxygens (including phenoxy) is 1. The van der Waals surface area contributed by atoms with E-state index in [1.54, 1.807) is 14.2 Å². The van der Waals surface area contributed by atoms with Crippen molar-refractivity contribution in [1.82, 2.24) is 10.6 Å². The van der Waals surface area contributed by atoms with E-state index in [0.717, 1.165) is 17.7 Å². The summed E-state index contributed by atoms with van der Waals surface area (Å²) < 4.78 is 33.1. The zero-order chi connectivity index (χ0) is 18.5. The maximum Gasteiger partial charge on any atom is 0.191 e. The lowest BCUT2D eigenvalue weighted by Crippen LogP contribution is -2.40. The molecule has 4 nitrogen and oxygen atoms in total. The standard InChI is InChI=1S/C20H23F2N3O/c1-23-20(24-11-10-13-6-3-4-9-18(13)26-2)25-17-12-14(17)19-15(21)7-5-8-16(19)22/h3-9,14,17H,10-12H2,1-2H3,(H2,23,24,25). The normalized spacial score (nSPS) is 19.2. The number of guanidine groups is 1. The average molecular weight is 359 g/mol. The second kappa shape index (κ2) is 8.17. The minimum Gasteiger partial charge on any atom is -0.496 e. The molecule has 6 heteroatoms. The van der Waals surface area contributed by atoms with Crippen LogP contribution in [0.2, 0.25) is 0 Å². The predicted molar refractivity (Wildman–Crippen MR) is 98.7 cm³/mol. The molecule has 2 aromatic carbocycles. The highest BCUT2D eigenvalue weighted by molar-refractivity contribution is 5.80. The molecule has 1 aliphatic rings. The van der Waals surface area contributed by atoms with E-state index in [0.29, 0.717) is 18.9 Å². The molecule has 2 aromatic rings. The van der Waals surface area contributed by atoms with Gasteiger partial charge in [0.1, 0.15) is 17.4 Å². The van der Waals surface area contributed by atoms with Gasteiger partial charge in [-0.2, -0.15) is 0 Å². The Labute approximate surface area is 152 Å². The summed E-state index contributed by atoms with van der Waals surface area (Å²) in [5.41, 5.74) is 1.27. The summed E-state index contributed by atoms with van der Waals surface area (Å²) in [6.07, 6.45) is 1.46. The second-order valence-electron chi connectivity index (χ2n) is 6.29. The average Bonchev–Trinajstić information content (AvgIpc) is 3.39. The van der Waals surface area contributed by atoms with Crippen molar-refractivity contribution < 1.29 is 13.5 Å². The minimum atomic E-state index is -0.488. The lowest BCUT2D eigenvalue weighted by Gasteiger charge is -2.13. The monoisotopic (exact) mass is 359 g/mol. The van der Waals surface area contributed by atoms with Gasteiger partial charge in [0.15, 0.2) is 5.96 Å². The Balaban J connectivity index is 1.52. The van der Waals surface area contributed by atoms with Crippen LogP contribution in [-0.4, -0.2) is 32.7 Å². The molecule has 0 bridgehead atoms. The molecule has 0 amide bonds. The molecule has 3 rings (SSSR count). The van der Waals surface area contributed by atoms with Crippen molar-refractivity contribution in [2.45, 2.75) is 24.8 Å². The number of aliphatic imine (C=N–C) groups is 1. The first kappa shape index (κ1) is 18.2. The third kappa shape index (κ3) is 4.12. The minimum absolute atomic E-state index is 0.0149. The quantitative estimate of drug-likeness (QED) is 0.615. The van der Waals surface area contributed by atoms with Gasteiger partial charge in [0, 0.05) is 31.1 Å². The summed E-state index contributed by atoms with van der Waals surface area (Å²) >= 11 is 0. The third-order valence-electron chi connectivity index (χ3n) is 4.59. The highest BCUT2D eigenvalue weighted by atomic mass is 19.1. The Kier molecular flexibility index (Phi) is 5.71. The van der Waals surface area contributed by atoms with Crippen molar-refractivity contribution in [3.8, 4) is 5.75 Å². The number of nitrogens with one attached hydrogen (secondary N) is 2. The first-order valence-corrected chi connectivity index (χ1v) is 8.67. The van der Waals surface area contributed by atoms with E-state index >= 15 is 0 Å². The van der Waals surface area contributed by atoms with E-state index < -0.39 is 11.6 Å². The first-order valence-electron chi connectivity index (χ1n) is 8.67. The number of hydrogen-bond acceptors (Lipinski definition) is 2. The van der Waals surface area contributed by atoms with Crippen LogP contribution in [0.4, 0.5) is 8.78 Å². The Morgan fingerprint density at radius 3 is 2.58 bits per heavy atom. The van der Waals surface area contributed by atoms with Crippen molar-refractivity contribution in [2.24, 2.45) is 4.99 Å². The molecule has 1 saturated carbocycles. The van der Waals surface area contributed by atoms with Crippen LogP contribution in [0.25, 0.3) is 0 Å². The molecule has 2 atom stereocenters. The van der Waals surface area contributed by atoms with Crippen LogP contribution in [0.1, 0.15) is 23.5 Å². The lowest BCUT2D eigenvalue weighted by atomic mass is 10.1. The van der Waals surface area contributed by atoms with Gasteiger partial charge in [-0.1, -0.05) is 24.3 Å². The van der Waals surface area contributed by atoms with E-state index in [1.807, 2.05) is 24.3 Å². The number of para-hydroxylation sites is 1. The molecule has 2 N–H and O–H groups in total. The van der Waals surface area contributed by atoms with Gasteiger partial charge in [-0.3, -0.25) is 4.99 Å². The highest BCUT2D eigenvalue weighted by Gasteiger charge is 2.42. The number of nitrogens with zero attached hydrogens (tertiary/aromatic N) is 1. The molecule has 0 heterocycles. The first-order chi connectivity index (χ1) is 12.6. The SMILES string of the molecule is CN=C(NCCc1ccccc1OC)NC1CC1c1c(F)cccc1F. The Bertz CT molecular complexity index is 774. The van der Waals surface area contributed by atoms with Crippen molar-refractivity contribution >= 4 is 5.96 Å². The number of halogens is 2. The molecular weight excluding hydrogens is 336 g/mol. The second-order valence-corrected chi connectivity index (χ2v) is 6.29. The summed E-state index contributed by atoms with van der Waals surface area (Å²) in [7, 11) is 3.33. The van der Waals surface area contributed by atoms with Gasteiger partial charge in [-0.05, 0) is 36.6 Å². The molecule has 0 aromatic heterocycles. The van der Waals surface area contributed by atoms with E-state index in [4.69, 9.17) is 4.74 Å². The van der Waals surface area contributed by atoms with Crippen LogP contribution in [0.3, 0.4) is 0 Å². The summed E-state index contributed by atoms with van der Waals surface area (Å²) in [5.74, 6) is 0.347. The number of rotatable bonds is 6. The van der Waals surface area contributed by atoms with Gasteiger partial charge in [-0.25, -0.2) is 8.78 Å². The molecule has 1 fully saturated rings. The molecule has 138 valence electrons. The molecule has 0 spiro atoms. The van der Waals surface area contributed by atoms with Crippen LogP contribution < -0.4 is 15.4 Å². The molecule has 1 aliphatic carbocycles. The van der Waals surface area contributed by atoms with Gasteiger partial charge in [0.05, 0.1) is 7.11 Å². The molecular formula is C20H23F2N3O. The fourth-order valence-electron chi connectivity index (χ4n) is 3.13. The van der Waals surface area contributed by atoms with Gasteiger partial charge >= 0.3 is 0 Å². The molecule has 26 heavy (non-hydrogen) atoms. The largest absolute Gasteiger partial charge is 0.496 e. The summed E-state index contributed by atoms with van der Waals surface area (Å²) in [6, 6.07) is 11.8. The van der Waals surface area contributed by atoms with Crippen molar-refractivity contribution in [3.05, 3.63) is 65.2 Å². The number of hydrogen-bond donors (Lipinski definition) is 2. The Morgan fingerprint density at radius 2 is 1.88 bits per heavy atom. The predicted octanol–water partition coefficient (Wildman–Crippen LogP) is 3.24. The zero-order valence-electron chi connectivity index (χ0n) is 14.9. The Morgan fingerprint density at radius 1 is 1.15 bits per heavy atom. The van der Waals surface area contributed by atoms with Crippen LogP contribution in [0, 0.1) is 11.6 Å². The lowest BCUT2D eigenvalue weighted by molar-refractivity contribution is 0.409. The van der Waals surface area contributed by atoms with Gasteiger partial charge in [0.2, 0.25) is 0 Å². The highest BCUT2D eigenvalue weighted by Crippen LogP contribution is 2.43. The van der Waals surface area contributed by atoms with Crippen molar-refractivity contribution in [2.75, 3.05) is 20.7 Å². The molecule has 0 radical (unpaired) electrons. The van der Waals surface area contributed by atoms with Crippen LogP contribution >= 0.6 is 0 Å². The van der Waals surface area contributed by atoms with Gasteiger partial charge < -0.3 is 15.4 Å². The number of methoxy groups -OCH3 is 1. The number of benzene rings is 2. The maximum atomic E-state index is 13.9. The Hall–Kier alpha value is -2.63. The van der Waals surface area contributed by atoms with E-state index in [-0.39, 0.29) is 17.5 Å². The van der Waals surface area contributed by atoms with Crippen LogP contribution in [0.15, 0.2) is 47.5 Å². The van der Waals surface area contributed by atoms with Gasteiger partial charge in [0.25, 0.3) is 0 Å². The fourth-order valence-corrected chi connectivity index (χ4v) is 3.13. The molecule has 2 unspecified atom stereocenters. The third-order valence-corrected chi connectivity index (χ3v) is 4.59. The fraction of sp³-hybridized carbons (Fsp3) is 0.350. The van der Waals surface area contributed by atoms with Crippen molar-refractivity contribution in [3.63, 3.8) is 0 Å². The van der Waals surface area contributed by atoms with Gasteiger partial charge in [-0.15, -0.1) is 0 Å². The van der Waals surface area contributed by atoms with Crippen LogP contribution in [0.5, 0.6) is 5.75 Å². The molecule has 0 aliphatic heterocycles. The summed E-state index contributed by atoms with van der Waals surface area (Å²) in [4.78, 5) is 4.19. The maximum absolute atomic E-state index is 13.9. The zero-order valence-corrected chi connectivity index (χ0v) is 14.9. The smallest absolute Gasteiger partial charge is 0.191 e. The van der Waals surface area contributed by atoms with E-state index in [9.17, 15) is 8.78 Å². The van der Waals surface area contributed by atoms with Crippen LogP contribution in [-0.2, 0) is 6.42 Å². The topological polar surface area (TPSA) is 45.7 Å². The van der Waals surface area contributed by atoms with E-state index in [2.05, 4.69) is 15.6 Å². The summed E-state index contributed by atoms with van der Waals surface area (Å²) in [5, 5.41) is 6.47. The molecule has 0 saturated heterocycles.